The summed E-state index contributed by atoms with van der Waals surface area (Å²) in [7, 11) is -3.60. The Bertz CT molecular complexity index is 516. The lowest BCUT2D eigenvalue weighted by molar-refractivity contribution is 0.327. The monoisotopic (exact) mass is 269 g/mol. The maximum atomic E-state index is 12.2. The second-order valence-electron chi connectivity index (χ2n) is 4.99. The number of nitrogens with two attached hydrogens (primary N) is 1. The first-order valence-corrected chi connectivity index (χ1v) is 7.70. The summed E-state index contributed by atoms with van der Waals surface area (Å²) in [6.07, 6.45) is 5.44. The standard InChI is InChI=1S/C12H19N3O2S/c1-9-4-2-5-10(8-9)15-18(16,17)12-11(13)6-3-7-14-12/h3,6-7,9-10,15H,2,4-5,8,13H2,1H3. The molecular formula is C12H19N3O2S. The molecule has 0 aliphatic heterocycles. The number of pyridine rings is 1. The van der Waals surface area contributed by atoms with Crippen LogP contribution < -0.4 is 10.5 Å². The van der Waals surface area contributed by atoms with Crippen molar-refractivity contribution in [2.45, 2.75) is 43.7 Å². The molecule has 1 saturated carbocycles. The summed E-state index contributed by atoms with van der Waals surface area (Å²) >= 11 is 0. The smallest absolute Gasteiger partial charge is 0.260 e. The molecule has 1 aromatic rings. The Morgan fingerprint density at radius 3 is 2.89 bits per heavy atom. The molecule has 1 fully saturated rings. The number of nitrogens with one attached hydrogen (secondary N) is 1. The number of aromatic nitrogens is 1. The Hall–Kier alpha value is -1.14. The third-order valence-electron chi connectivity index (χ3n) is 3.31. The topological polar surface area (TPSA) is 85.1 Å². The normalized spacial score (nSPS) is 24.9. The van der Waals surface area contributed by atoms with E-state index in [0.717, 1.165) is 19.3 Å². The molecule has 6 heteroatoms. The molecule has 0 saturated heterocycles. The number of nitrogens with zero attached hydrogens (tertiary/aromatic N) is 1. The molecule has 1 aromatic heterocycles. The lowest BCUT2D eigenvalue weighted by atomic mass is 9.88. The highest BCUT2D eigenvalue weighted by molar-refractivity contribution is 7.89. The number of anilines is 1. The van der Waals surface area contributed by atoms with Gasteiger partial charge >= 0.3 is 0 Å². The van der Waals surface area contributed by atoms with Gasteiger partial charge in [0, 0.05) is 12.2 Å². The average Bonchev–Trinajstić information content (AvgIpc) is 2.28. The van der Waals surface area contributed by atoms with Crippen LogP contribution in [0.2, 0.25) is 0 Å². The zero-order chi connectivity index (χ0) is 13.2. The fraction of sp³-hybridized carbons (Fsp3) is 0.583. The second-order valence-corrected chi connectivity index (χ2v) is 6.62. The number of hydrogen-bond acceptors (Lipinski definition) is 4. The Morgan fingerprint density at radius 1 is 1.44 bits per heavy atom. The molecule has 1 heterocycles. The molecule has 2 atom stereocenters. The Labute approximate surface area is 108 Å². The van der Waals surface area contributed by atoms with E-state index in [1.807, 2.05) is 0 Å². The fourth-order valence-electron chi connectivity index (χ4n) is 2.44. The fourth-order valence-corrected chi connectivity index (χ4v) is 3.79. The Morgan fingerprint density at radius 2 is 2.22 bits per heavy atom. The molecule has 0 radical (unpaired) electrons. The molecule has 0 aromatic carbocycles. The van der Waals surface area contributed by atoms with Gasteiger partial charge in [0.1, 0.15) is 0 Å². The van der Waals surface area contributed by atoms with Crippen LogP contribution in [0.15, 0.2) is 23.4 Å². The summed E-state index contributed by atoms with van der Waals surface area (Å²) in [5.41, 5.74) is 5.85. The minimum Gasteiger partial charge on any atom is -0.396 e. The predicted molar refractivity (Wildman–Crippen MR) is 70.4 cm³/mol. The summed E-state index contributed by atoms with van der Waals surface area (Å²) in [5, 5.41) is -0.0665. The van der Waals surface area contributed by atoms with E-state index in [9.17, 15) is 8.42 Å². The molecule has 2 unspecified atom stereocenters. The van der Waals surface area contributed by atoms with Crippen LogP contribution in [-0.4, -0.2) is 19.4 Å². The van der Waals surface area contributed by atoms with Gasteiger partial charge in [-0.05, 0) is 30.9 Å². The highest BCUT2D eigenvalue weighted by Crippen LogP contribution is 2.25. The second kappa shape index (κ2) is 5.24. The van der Waals surface area contributed by atoms with Crippen LogP contribution in [-0.2, 0) is 10.0 Å². The van der Waals surface area contributed by atoms with E-state index in [1.54, 1.807) is 12.1 Å². The number of rotatable bonds is 3. The van der Waals surface area contributed by atoms with Gasteiger partial charge in [-0.15, -0.1) is 0 Å². The van der Waals surface area contributed by atoms with Crippen LogP contribution in [0.5, 0.6) is 0 Å². The third kappa shape index (κ3) is 3.00. The van der Waals surface area contributed by atoms with Crippen LogP contribution in [0.4, 0.5) is 5.69 Å². The first-order valence-electron chi connectivity index (χ1n) is 6.22. The highest BCUT2D eigenvalue weighted by atomic mass is 32.2. The largest absolute Gasteiger partial charge is 0.396 e. The van der Waals surface area contributed by atoms with Crippen LogP contribution in [0.1, 0.15) is 32.6 Å². The first-order chi connectivity index (χ1) is 8.49. The Balaban J connectivity index is 2.15. The summed E-state index contributed by atoms with van der Waals surface area (Å²) in [6.45, 7) is 2.15. The predicted octanol–water partition coefficient (Wildman–Crippen LogP) is 1.52. The van der Waals surface area contributed by atoms with E-state index >= 15 is 0 Å². The minimum absolute atomic E-state index is 0.000145. The van der Waals surface area contributed by atoms with E-state index in [0.29, 0.717) is 5.92 Å². The van der Waals surface area contributed by atoms with Crippen molar-refractivity contribution < 1.29 is 8.42 Å². The van der Waals surface area contributed by atoms with E-state index < -0.39 is 10.0 Å². The third-order valence-corrected chi connectivity index (χ3v) is 4.81. The van der Waals surface area contributed by atoms with Gasteiger partial charge in [-0.25, -0.2) is 18.1 Å². The van der Waals surface area contributed by atoms with Gasteiger partial charge in [0.2, 0.25) is 0 Å². The van der Waals surface area contributed by atoms with Gasteiger partial charge in [0.25, 0.3) is 10.0 Å². The zero-order valence-electron chi connectivity index (χ0n) is 10.5. The van der Waals surface area contributed by atoms with E-state index in [2.05, 4.69) is 16.6 Å². The summed E-state index contributed by atoms with van der Waals surface area (Å²) in [6, 6.07) is 3.17. The minimum atomic E-state index is -3.60. The average molecular weight is 269 g/mol. The molecule has 3 N–H and O–H groups in total. The van der Waals surface area contributed by atoms with E-state index in [1.165, 1.54) is 12.6 Å². The molecule has 2 rings (SSSR count). The van der Waals surface area contributed by atoms with Gasteiger partial charge in [-0.3, -0.25) is 0 Å². The summed E-state index contributed by atoms with van der Waals surface area (Å²) in [4.78, 5) is 3.86. The molecule has 100 valence electrons. The number of sulfonamides is 1. The van der Waals surface area contributed by atoms with Crippen molar-refractivity contribution >= 4 is 15.7 Å². The van der Waals surface area contributed by atoms with E-state index in [-0.39, 0.29) is 16.8 Å². The molecule has 1 aliphatic rings. The van der Waals surface area contributed by atoms with Gasteiger partial charge in [-0.1, -0.05) is 19.8 Å². The number of hydrogen-bond donors (Lipinski definition) is 2. The van der Waals surface area contributed by atoms with Crippen molar-refractivity contribution in [3.05, 3.63) is 18.3 Å². The highest BCUT2D eigenvalue weighted by Gasteiger charge is 2.26. The number of nitrogen functional groups attached to an aromatic ring is 1. The molecule has 0 spiro atoms. The van der Waals surface area contributed by atoms with E-state index in [4.69, 9.17) is 5.73 Å². The van der Waals surface area contributed by atoms with Crippen LogP contribution in [0.25, 0.3) is 0 Å². The molecular weight excluding hydrogens is 250 g/mol. The molecule has 0 amide bonds. The van der Waals surface area contributed by atoms with Crippen molar-refractivity contribution in [2.75, 3.05) is 5.73 Å². The molecule has 1 aliphatic carbocycles. The molecule has 0 bridgehead atoms. The maximum absolute atomic E-state index is 12.2. The van der Waals surface area contributed by atoms with Crippen LogP contribution in [0.3, 0.4) is 0 Å². The molecule has 5 nitrogen and oxygen atoms in total. The summed E-state index contributed by atoms with van der Waals surface area (Å²) in [5.74, 6) is 0.563. The maximum Gasteiger partial charge on any atom is 0.260 e. The quantitative estimate of drug-likeness (QED) is 0.871. The van der Waals surface area contributed by atoms with Crippen molar-refractivity contribution in [2.24, 2.45) is 5.92 Å². The zero-order valence-corrected chi connectivity index (χ0v) is 11.3. The van der Waals surface area contributed by atoms with Gasteiger partial charge in [0.05, 0.1) is 5.69 Å². The lowest BCUT2D eigenvalue weighted by Crippen LogP contribution is -2.38. The van der Waals surface area contributed by atoms with Gasteiger partial charge in [0.15, 0.2) is 5.03 Å². The first kappa shape index (κ1) is 13.3. The van der Waals surface area contributed by atoms with Crippen LogP contribution in [0, 0.1) is 5.92 Å². The van der Waals surface area contributed by atoms with Gasteiger partial charge in [-0.2, -0.15) is 0 Å². The van der Waals surface area contributed by atoms with Crippen molar-refractivity contribution in [1.82, 2.24) is 9.71 Å². The SMILES string of the molecule is CC1CCCC(NS(=O)(=O)c2ncccc2N)C1. The van der Waals surface area contributed by atoms with Crippen molar-refractivity contribution in [3.63, 3.8) is 0 Å². The lowest BCUT2D eigenvalue weighted by Gasteiger charge is -2.27. The van der Waals surface area contributed by atoms with Crippen LogP contribution >= 0.6 is 0 Å². The van der Waals surface area contributed by atoms with Crippen molar-refractivity contribution in [3.8, 4) is 0 Å². The summed E-state index contributed by atoms with van der Waals surface area (Å²) < 4.78 is 27.1. The van der Waals surface area contributed by atoms with Crippen molar-refractivity contribution in [1.29, 1.82) is 0 Å². The molecule has 18 heavy (non-hydrogen) atoms. The Kier molecular flexibility index (Phi) is 3.87. The van der Waals surface area contributed by atoms with Gasteiger partial charge < -0.3 is 5.73 Å².